The predicted molar refractivity (Wildman–Crippen MR) is 114 cm³/mol. The molecule has 2 N–H and O–H groups in total. The van der Waals surface area contributed by atoms with Crippen LogP contribution in [0.25, 0.3) is 0 Å². The molecule has 3 aliphatic rings. The molecule has 0 bridgehead atoms. The number of nitrogens with one attached hydrogen (secondary N) is 1. The average Bonchev–Trinajstić information content (AvgIpc) is 3.66. The highest BCUT2D eigenvalue weighted by atomic mass is 19.1. The Kier molecular flexibility index (Phi) is 8.08. The monoisotopic (exact) mass is 419 g/mol. The fourth-order valence-electron chi connectivity index (χ4n) is 3.70. The minimum Gasteiger partial charge on any atom is -0.396 e. The van der Waals surface area contributed by atoms with Gasteiger partial charge in [0.2, 0.25) is 5.91 Å². The Morgan fingerprint density at radius 1 is 1.17 bits per heavy atom. The molecule has 6 nitrogen and oxygen atoms in total. The van der Waals surface area contributed by atoms with E-state index in [0.29, 0.717) is 23.9 Å². The van der Waals surface area contributed by atoms with Gasteiger partial charge in [-0.3, -0.25) is 4.79 Å². The van der Waals surface area contributed by atoms with Crippen molar-refractivity contribution in [3.63, 3.8) is 0 Å². The van der Waals surface area contributed by atoms with Gasteiger partial charge in [-0.2, -0.15) is 0 Å². The van der Waals surface area contributed by atoms with Crippen molar-refractivity contribution in [2.45, 2.75) is 69.9 Å². The van der Waals surface area contributed by atoms with E-state index in [2.05, 4.69) is 5.32 Å². The van der Waals surface area contributed by atoms with Crippen LogP contribution in [-0.2, 0) is 11.3 Å². The molecule has 1 aliphatic heterocycles. The van der Waals surface area contributed by atoms with Crippen molar-refractivity contribution in [1.29, 1.82) is 0 Å². The number of carbonyl (C=O) groups excluding carboxylic acids is 2. The molecule has 30 heavy (non-hydrogen) atoms. The first-order valence-corrected chi connectivity index (χ1v) is 11.2. The van der Waals surface area contributed by atoms with Crippen molar-refractivity contribution in [2.24, 2.45) is 0 Å². The number of hydrogen-bond acceptors (Lipinski definition) is 3. The molecule has 1 aromatic rings. The zero-order valence-electron chi connectivity index (χ0n) is 17.9. The molecule has 1 aromatic carbocycles. The summed E-state index contributed by atoms with van der Waals surface area (Å²) in [6.45, 7) is 2.01. The van der Waals surface area contributed by atoms with Gasteiger partial charge in [-0.15, -0.1) is 0 Å². The minimum atomic E-state index is -0.209. The van der Waals surface area contributed by atoms with Crippen LogP contribution in [0.3, 0.4) is 0 Å². The molecule has 3 fully saturated rings. The minimum absolute atomic E-state index is 0.0185. The van der Waals surface area contributed by atoms with Crippen molar-refractivity contribution in [1.82, 2.24) is 15.1 Å². The number of urea groups is 1. The molecule has 0 spiro atoms. The molecule has 0 atom stereocenters. The van der Waals surface area contributed by atoms with Crippen molar-refractivity contribution >= 4 is 11.9 Å². The molecule has 2 saturated carbocycles. The maximum absolute atomic E-state index is 13.9. The quantitative estimate of drug-likeness (QED) is 0.742. The second-order valence-corrected chi connectivity index (χ2v) is 8.54. The van der Waals surface area contributed by atoms with Gasteiger partial charge < -0.3 is 20.2 Å². The number of hydrogen-bond donors (Lipinski definition) is 2. The summed E-state index contributed by atoms with van der Waals surface area (Å²) in [6, 6.07) is 5.65. The van der Waals surface area contributed by atoms with Gasteiger partial charge in [-0.1, -0.05) is 12.1 Å². The summed E-state index contributed by atoms with van der Waals surface area (Å²) in [5.41, 5.74) is 1.64. The molecular formula is C23H34FN3O3. The van der Waals surface area contributed by atoms with Gasteiger partial charge in [0, 0.05) is 44.7 Å². The van der Waals surface area contributed by atoms with Crippen molar-refractivity contribution in [3.8, 4) is 0 Å². The van der Waals surface area contributed by atoms with E-state index >= 15 is 0 Å². The number of likely N-dealkylation sites (tertiary alicyclic amines) is 1. The summed E-state index contributed by atoms with van der Waals surface area (Å²) in [7, 11) is 1.79. The standard InChI is InChI=1S/C15H19FN2O.C8H15NO2/c1-18(13-6-7-13)15(19)17-9-12-5-4-11(8-14(12)16)10-2-3-10;10-7-4-8(11)9-5-2-1-3-6-9/h4-5,8,10,13H,2-3,6-7,9H2,1H3,(H,17,19);10H,1-7H2. The zero-order chi connectivity index (χ0) is 21.5. The normalized spacial score (nSPS) is 18.3. The van der Waals surface area contributed by atoms with Crippen LogP contribution in [0.15, 0.2) is 18.2 Å². The lowest BCUT2D eigenvalue weighted by Crippen LogP contribution is -2.38. The lowest BCUT2D eigenvalue weighted by atomic mass is 10.1. The van der Waals surface area contributed by atoms with Gasteiger partial charge in [-0.05, 0) is 62.5 Å². The Balaban J connectivity index is 0.000000199. The van der Waals surface area contributed by atoms with Crippen LogP contribution in [0, 0.1) is 5.82 Å². The third kappa shape index (κ3) is 6.69. The van der Waals surface area contributed by atoms with Gasteiger partial charge in [0.1, 0.15) is 5.82 Å². The summed E-state index contributed by atoms with van der Waals surface area (Å²) in [5.74, 6) is 0.449. The highest BCUT2D eigenvalue weighted by Crippen LogP contribution is 2.40. The van der Waals surface area contributed by atoms with E-state index in [9.17, 15) is 14.0 Å². The number of benzene rings is 1. The van der Waals surface area contributed by atoms with Crippen LogP contribution in [0.1, 0.15) is 68.4 Å². The highest BCUT2D eigenvalue weighted by Gasteiger charge is 2.29. The molecule has 3 amide bonds. The Morgan fingerprint density at radius 2 is 1.87 bits per heavy atom. The highest BCUT2D eigenvalue weighted by molar-refractivity contribution is 5.76. The Bertz CT molecular complexity index is 728. The van der Waals surface area contributed by atoms with Gasteiger partial charge >= 0.3 is 6.03 Å². The summed E-state index contributed by atoms with van der Waals surface area (Å²) >= 11 is 0. The number of amides is 3. The largest absolute Gasteiger partial charge is 0.396 e. The molecule has 4 rings (SSSR count). The lowest BCUT2D eigenvalue weighted by molar-refractivity contribution is -0.132. The van der Waals surface area contributed by atoms with Gasteiger partial charge in [0.15, 0.2) is 0 Å². The number of rotatable bonds is 6. The number of aliphatic hydroxyl groups excluding tert-OH is 1. The van der Waals surface area contributed by atoms with Crippen LogP contribution in [0.2, 0.25) is 0 Å². The first-order valence-electron chi connectivity index (χ1n) is 11.2. The van der Waals surface area contributed by atoms with Crippen LogP contribution < -0.4 is 5.32 Å². The summed E-state index contributed by atoms with van der Waals surface area (Å²) in [5, 5.41) is 11.3. The topological polar surface area (TPSA) is 72.9 Å². The van der Waals surface area contributed by atoms with Gasteiger partial charge in [0.05, 0.1) is 6.61 Å². The first-order chi connectivity index (χ1) is 14.5. The SMILES string of the molecule is CN(C(=O)NCc1ccc(C2CC2)cc1F)C1CC1.O=C(CCO)N1CCCCC1. The van der Waals surface area contributed by atoms with E-state index in [-0.39, 0.29) is 30.9 Å². The predicted octanol–water partition coefficient (Wildman–Crippen LogP) is 3.39. The third-order valence-electron chi connectivity index (χ3n) is 6.01. The fourth-order valence-corrected chi connectivity index (χ4v) is 3.70. The molecule has 166 valence electrons. The molecule has 1 saturated heterocycles. The first kappa shape index (κ1) is 22.5. The van der Waals surface area contributed by atoms with Crippen molar-refractivity contribution in [2.75, 3.05) is 26.7 Å². The van der Waals surface area contributed by atoms with Crippen molar-refractivity contribution in [3.05, 3.63) is 35.1 Å². The summed E-state index contributed by atoms with van der Waals surface area (Å²) in [6.07, 6.45) is 8.27. The van der Waals surface area contributed by atoms with E-state index in [1.54, 1.807) is 24.1 Å². The van der Waals surface area contributed by atoms with Gasteiger partial charge in [0.25, 0.3) is 0 Å². The fraction of sp³-hybridized carbons (Fsp3) is 0.652. The number of carbonyl (C=O) groups is 2. The lowest BCUT2D eigenvalue weighted by Gasteiger charge is -2.26. The average molecular weight is 420 g/mol. The van der Waals surface area contributed by atoms with Gasteiger partial charge in [-0.25, -0.2) is 9.18 Å². The van der Waals surface area contributed by atoms with Crippen LogP contribution in [0.4, 0.5) is 9.18 Å². The van der Waals surface area contributed by atoms with E-state index in [1.165, 1.54) is 19.3 Å². The smallest absolute Gasteiger partial charge is 0.317 e. The number of nitrogens with zero attached hydrogens (tertiary/aromatic N) is 2. The Labute approximate surface area is 178 Å². The molecule has 0 radical (unpaired) electrons. The number of aliphatic hydroxyl groups is 1. The molecule has 0 aromatic heterocycles. The van der Waals surface area contributed by atoms with Crippen LogP contribution in [0.5, 0.6) is 0 Å². The second-order valence-electron chi connectivity index (χ2n) is 8.54. The Morgan fingerprint density at radius 3 is 2.43 bits per heavy atom. The van der Waals surface area contributed by atoms with Crippen molar-refractivity contribution < 1.29 is 19.1 Å². The molecule has 2 aliphatic carbocycles. The summed E-state index contributed by atoms with van der Waals surface area (Å²) < 4.78 is 13.9. The molecular weight excluding hydrogens is 385 g/mol. The third-order valence-corrected chi connectivity index (χ3v) is 6.01. The second kappa shape index (κ2) is 10.8. The summed E-state index contributed by atoms with van der Waals surface area (Å²) in [4.78, 5) is 26.5. The maximum Gasteiger partial charge on any atom is 0.317 e. The van der Waals surface area contributed by atoms with E-state index in [0.717, 1.165) is 44.3 Å². The zero-order valence-corrected chi connectivity index (χ0v) is 17.9. The number of piperidine rings is 1. The molecule has 1 heterocycles. The van der Waals surface area contributed by atoms with Crippen LogP contribution in [-0.4, -0.2) is 59.6 Å². The molecule has 0 unspecified atom stereocenters. The van der Waals surface area contributed by atoms with E-state index in [1.807, 2.05) is 11.0 Å². The van der Waals surface area contributed by atoms with E-state index < -0.39 is 0 Å². The number of halogens is 1. The maximum atomic E-state index is 13.9. The van der Waals surface area contributed by atoms with E-state index in [4.69, 9.17) is 5.11 Å². The van der Waals surface area contributed by atoms with Crippen LogP contribution >= 0.6 is 0 Å². The molecule has 7 heteroatoms. The Hall–Kier alpha value is -2.15.